The van der Waals surface area contributed by atoms with Crippen LogP contribution in [0.25, 0.3) is 0 Å². The maximum atomic E-state index is 14.0. The SMILES string of the molecule is CC(C)C1=C2[C@H]3CCC4[C@@]5(C)CC[C@H](OC(=O)[C@H]6C[C@@H](C(=O)OCc7ccccc7)C6(C)C)C(C)(C)C5CC[C@@]4(C)[C@]3(C)CC[C@@]2(NC(=O)C2(N)CCC2)CC1=O. The number of nitrogens with two attached hydrogens (primary N) is 1. The molecule has 3 N–H and O–H groups in total. The number of Topliss-reactive ketones (excluding diaryl/α,β-unsaturated/α-hetero) is 1. The van der Waals surface area contributed by atoms with Gasteiger partial charge in [-0.2, -0.15) is 0 Å². The van der Waals surface area contributed by atoms with Crippen LogP contribution in [0.3, 0.4) is 0 Å². The molecule has 6 fully saturated rings. The molecule has 8 nitrogen and oxygen atoms in total. The summed E-state index contributed by atoms with van der Waals surface area (Å²) >= 11 is 0. The van der Waals surface area contributed by atoms with Crippen LogP contribution in [0.4, 0.5) is 0 Å². The van der Waals surface area contributed by atoms with Gasteiger partial charge in [0.2, 0.25) is 5.91 Å². The highest BCUT2D eigenvalue weighted by Gasteiger charge is 2.71. The Balaban J connectivity index is 0.985. The molecule has 0 heterocycles. The second-order valence-corrected chi connectivity index (χ2v) is 22.3. The number of hydrogen-bond acceptors (Lipinski definition) is 7. The van der Waals surface area contributed by atoms with Crippen molar-refractivity contribution in [1.29, 1.82) is 0 Å². The molecule has 7 aliphatic carbocycles. The first kappa shape index (κ1) is 40.8. The molecule has 0 aliphatic heterocycles. The number of nitrogens with one attached hydrogen (secondary N) is 1. The lowest BCUT2D eigenvalue weighted by atomic mass is 9.33. The molecule has 0 spiro atoms. The number of hydrogen-bond donors (Lipinski definition) is 2. The van der Waals surface area contributed by atoms with Gasteiger partial charge in [-0.3, -0.25) is 19.2 Å². The summed E-state index contributed by atoms with van der Waals surface area (Å²) in [5, 5.41) is 3.50. The van der Waals surface area contributed by atoms with Gasteiger partial charge in [-0.25, -0.2) is 0 Å². The van der Waals surface area contributed by atoms with Crippen LogP contribution in [-0.2, 0) is 35.3 Å². The summed E-state index contributed by atoms with van der Waals surface area (Å²) in [6.07, 6.45) is 11.0. The molecular weight excluding hydrogens is 713 g/mol. The van der Waals surface area contributed by atoms with Crippen molar-refractivity contribution in [2.24, 2.45) is 68.3 Å². The molecule has 0 radical (unpaired) electrons. The number of ketones is 1. The molecule has 2 unspecified atom stereocenters. The van der Waals surface area contributed by atoms with E-state index in [0.29, 0.717) is 37.5 Å². The van der Waals surface area contributed by atoms with Crippen molar-refractivity contribution >= 4 is 23.6 Å². The molecule has 0 aromatic heterocycles. The maximum Gasteiger partial charge on any atom is 0.309 e. The van der Waals surface area contributed by atoms with Crippen molar-refractivity contribution in [3.8, 4) is 0 Å². The summed E-state index contributed by atoms with van der Waals surface area (Å²) in [6.45, 7) is 20.9. The zero-order valence-corrected chi connectivity index (χ0v) is 36.4. The number of amides is 1. The second-order valence-electron chi connectivity index (χ2n) is 22.3. The Hall–Kier alpha value is -3.00. The van der Waals surface area contributed by atoms with Gasteiger partial charge in [0.1, 0.15) is 12.7 Å². The summed E-state index contributed by atoms with van der Waals surface area (Å²) in [5.74, 6) is 0.316. The Morgan fingerprint density at radius 1 is 0.789 bits per heavy atom. The largest absolute Gasteiger partial charge is 0.462 e. The van der Waals surface area contributed by atoms with Crippen LogP contribution >= 0.6 is 0 Å². The average molecular weight is 783 g/mol. The van der Waals surface area contributed by atoms with Crippen LogP contribution in [0.2, 0.25) is 0 Å². The predicted octanol–water partition coefficient (Wildman–Crippen LogP) is 9.03. The van der Waals surface area contributed by atoms with Gasteiger partial charge in [0.05, 0.1) is 22.9 Å². The number of esters is 2. The molecule has 1 amide bonds. The fraction of sp³-hybridized carbons (Fsp3) is 0.755. The third-order valence-corrected chi connectivity index (χ3v) is 18.7. The molecule has 10 atom stereocenters. The van der Waals surface area contributed by atoms with Crippen LogP contribution in [0.5, 0.6) is 0 Å². The standard InChI is InChI=1S/C49H70N2O6/c1-29(2)38-34(52)27-49(51-42(55)48(50)20-13-21-48)25-24-46(8)31(39(38)49)16-17-36-45(7)22-19-37(44(5,6)35(45)18-23-47(36,46)9)57-41(54)33-26-32(43(33,3)4)40(53)56-28-30-14-11-10-12-15-30/h10-12,14-15,29,31-33,35-37H,13,16-28,50H2,1-9H3,(H,51,55)/t31-,32+,33-,35?,36?,37+,45+,46-,47-,49-/m1/s1. The number of fused-ring (bicyclic) bond motifs is 7. The maximum absolute atomic E-state index is 14.0. The summed E-state index contributed by atoms with van der Waals surface area (Å²) in [6, 6.07) is 9.71. The first-order valence-electron chi connectivity index (χ1n) is 22.4. The Kier molecular flexibility index (Phi) is 9.66. The molecule has 312 valence electrons. The lowest BCUT2D eigenvalue weighted by Crippen LogP contribution is -2.69. The molecular formula is C49H70N2O6. The van der Waals surface area contributed by atoms with Crippen molar-refractivity contribution in [2.45, 2.75) is 170 Å². The Morgan fingerprint density at radius 2 is 1.47 bits per heavy atom. The quantitative estimate of drug-likeness (QED) is 0.252. The monoisotopic (exact) mass is 783 g/mol. The van der Waals surface area contributed by atoms with Crippen LogP contribution < -0.4 is 11.1 Å². The van der Waals surface area contributed by atoms with E-state index in [4.69, 9.17) is 15.2 Å². The van der Waals surface area contributed by atoms with Crippen molar-refractivity contribution in [3.63, 3.8) is 0 Å². The van der Waals surface area contributed by atoms with Crippen LogP contribution in [0.15, 0.2) is 41.5 Å². The minimum absolute atomic E-state index is 0.0167. The van der Waals surface area contributed by atoms with Gasteiger partial charge in [-0.1, -0.05) is 92.6 Å². The molecule has 7 aliphatic rings. The first-order valence-corrected chi connectivity index (χ1v) is 22.4. The summed E-state index contributed by atoms with van der Waals surface area (Å²) < 4.78 is 12.3. The Morgan fingerprint density at radius 3 is 2.11 bits per heavy atom. The minimum Gasteiger partial charge on any atom is -0.462 e. The molecule has 57 heavy (non-hydrogen) atoms. The summed E-state index contributed by atoms with van der Waals surface area (Å²) in [7, 11) is 0. The van der Waals surface area contributed by atoms with Gasteiger partial charge in [0, 0.05) is 11.8 Å². The molecule has 8 rings (SSSR count). The number of benzene rings is 1. The normalized spacial score (nSPS) is 41.0. The van der Waals surface area contributed by atoms with Gasteiger partial charge >= 0.3 is 11.9 Å². The molecule has 8 heteroatoms. The van der Waals surface area contributed by atoms with Gasteiger partial charge in [0.25, 0.3) is 0 Å². The number of ether oxygens (including phenoxy) is 2. The molecule has 0 bridgehead atoms. The highest BCUT2D eigenvalue weighted by atomic mass is 16.5. The third-order valence-electron chi connectivity index (χ3n) is 18.7. The van der Waals surface area contributed by atoms with Crippen LogP contribution in [-0.4, -0.2) is 40.8 Å². The van der Waals surface area contributed by atoms with Crippen LogP contribution in [0, 0.1) is 62.6 Å². The second kappa shape index (κ2) is 13.5. The fourth-order valence-corrected chi connectivity index (χ4v) is 14.8. The molecule has 1 aromatic carbocycles. The highest BCUT2D eigenvalue weighted by Crippen LogP contribution is 2.76. The summed E-state index contributed by atoms with van der Waals surface area (Å²) in [4.78, 5) is 54.9. The number of allylic oxidation sites excluding steroid dienone is 1. The van der Waals surface area contributed by atoms with E-state index in [9.17, 15) is 19.2 Å². The minimum atomic E-state index is -0.812. The van der Waals surface area contributed by atoms with E-state index in [1.807, 2.05) is 44.2 Å². The van der Waals surface area contributed by atoms with Crippen molar-refractivity contribution in [1.82, 2.24) is 5.32 Å². The molecule has 6 saturated carbocycles. The Bertz CT molecular complexity index is 1860. The van der Waals surface area contributed by atoms with Crippen molar-refractivity contribution in [3.05, 3.63) is 47.0 Å². The van der Waals surface area contributed by atoms with Crippen LogP contribution in [0.1, 0.15) is 151 Å². The van der Waals surface area contributed by atoms with Gasteiger partial charge in [-0.15, -0.1) is 0 Å². The lowest BCUT2D eigenvalue weighted by molar-refractivity contribution is -0.235. The average Bonchev–Trinajstić information content (AvgIpc) is 3.42. The topological polar surface area (TPSA) is 125 Å². The predicted molar refractivity (Wildman–Crippen MR) is 220 cm³/mol. The van der Waals surface area contributed by atoms with Gasteiger partial charge in [-0.05, 0) is 139 Å². The van der Waals surface area contributed by atoms with E-state index < -0.39 is 16.5 Å². The van der Waals surface area contributed by atoms with Gasteiger partial charge in [0.15, 0.2) is 5.78 Å². The van der Waals surface area contributed by atoms with E-state index in [2.05, 4.69) is 53.8 Å². The zero-order valence-electron chi connectivity index (χ0n) is 36.4. The van der Waals surface area contributed by atoms with E-state index in [-0.39, 0.29) is 81.7 Å². The van der Waals surface area contributed by atoms with E-state index in [1.54, 1.807) is 0 Å². The molecule has 1 aromatic rings. The van der Waals surface area contributed by atoms with Crippen molar-refractivity contribution in [2.75, 3.05) is 0 Å². The number of carbonyl (C=O) groups excluding carboxylic acids is 4. The highest BCUT2D eigenvalue weighted by molar-refractivity contribution is 6.02. The molecule has 0 saturated heterocycles. The fourth-order valence-electron chi connectivity index (χ4n) is 14.8. The first-order chi connectivity index (χ1) is 26.6. The Labute approximate surface area is 341 Å². The van der Waals surface area contributed by atoms with E-state index >= 15 is 0 Å². The van der Waals surface area contributed by atoms with E-state index in [0.717, 1.165) is 68.9 Å². The zero-order chi connectivity index (χ0) is 41.1. The van der Waals surface area contributed by atoms with E-state index in [1.165, 1.54) is 5.57 Å². The number of carbonyl (C=O) groups is 4. The summed E-state index contributed by atoms with van der Waals surface area (Å²) in [5.41, 5.74) is 7.72. The third kappa shape index (κ3) is 5.89. The smallest absolute Gasteiger partial charge is 0.309 e. The number of rotatable bonds is 8. The van der Waals surface area contributed by atoms with Gasteiger partial charge < -0.3 is 20.5 Å². The van der Waals surface area contributed by atoms with Crippen molar-refractivity contribution < 1.29 is 28.7 Å². The lowest BCUT2D eigenvalue weighted by Gasteiger charge is -2.72.